The summed E-state index contributed by atoms with van der Waals surface area (Å²) in [6, 6.07) is -2.16. The van der Waals surface area contributed by atoms with E-state index in [0.717, 1.165) is 0 Å². The number of halogens is 3. The summed E-state index contributed by atoms with van der Waals surface area (Å²) in [5.41, 5.74) is 5.16. The number of alkyl halides is 3. The maximum Gasteiger partial charge on any atom is 0.404 e. The number of hydrogen-bond acceptors (Lipinski definition) is 3. The number of rotatable bonds is 7. The maximum absolute atomic E-state index is 12.7. The summed E-state index contributed by atoms with van der Waals surface area (Å²) in [6.45, 7) is 7.52. The second-order valence-corrected chi connectivity index (χ2v) is 5.67. The molecule has 0 aliphatic carbocycles. The SMILES string of the molecule is CC(C)CC[C@H](C(=O)OCC(C)C)[C@H](N)C(F)(F)F. The smallest absolute Gasteiger partial charge is 0.404 e. The molecule has 0 saturated heterocycles. The third-order valence-electron chi connectivity index (χ3n) is 2.73. The highest BCUT2D eigenvalue weighted by molar-refractivity contribution is 5.73. The molecule has 0 bridgehead atoms. The number of ether oxygens (including phenoxy) is 1. The third kappa shape index (κ3) is 7.40. The Morgan fingerprint density at radius 3 is 2.00 bits per heavy atom. The van der Waals surface area contributed by atoms with Gasteiger partial charge >= 0.3 is 12.1 Å². The monoisotopic (exact) mass is 283 g/mol. The Labute approximate surface area is 112 Å². The Balaban J connectivity index is 4.70. The van der Waals surface area contributed by atoms with Gasteiger partial charge in [0.15, 0.2) is 0 Å². The number of nitrogens with two attached hydrogens (primary N) is 1. The molecular weight excluding hydrogens is 259 g/mol. The summed E-state index contributed by atoms with van der Waals surface area (Å²) in [4.78, 5) is 11.7. The van der Waals surface area contributed by atoms with E-state index in [2.05, 4.69) is 0 Å². The van der Waals surface area contributed by atoms with Crippen LogP contribution in [0.1, 0.15) is 40.5 Å². The molecule has 0 aliphatic heterocycles. The standard InChI is InChI=1S/C13H24F3NO2/c1-8(2)5-6-10(11(17)13(14,15)16)12(18)19-7-9(3)4/h8-11H,5-7,17H2,1-4H3/t10-,11-/m0/s1. The molecule has 2 atom stereocenters. The van der Waals surface area contributed by atoms with E-state index in [1.807, 2.05) is 27.7 Å². The van der Waals surface area contributed by atoms with Gasteiger partial charge < -0.3 is 10.5 Å². The van der Waals surface area contributed by atoms with Crippen LogP contribution in [0.25, 0.3) is 0 Å². The van der Waals surface area contributed by atoms with Gasteiger partial charge in [-0.15, -0.1) is 0 Å². The molecule has 6 heteroatoms. The lowest BCUT2D eigenvalue weighted by Gasteiger charge is -2.25. The fourth-order valence-corrected chi connectivity index (χ4v) is 1.54. The summed E-state index contributed by atoms with van der Waals surface area (Å²) in [6.07, 6.45) is -3.99. The quantitative estimate of drug-likeness (QED) is 0.730. The lowest BCUT2D eigenvalue weighted by atomic mass is 9.91. The van der Waals surface area contributed by atoms with Crippen LogP contribution in [-0.2, 0) is 9.53 Å². The Hall–Kier alpha value is -0.780. The molecule has 0 aromatic rings. The van der Waals surface area contributed by atoms with Crippen molar-refractivity contribution in [2.75, 3.05) is 6.61 Å². The van der Waals surface area contributed by atoms with E-state index in [1.165, 1.54) is 0 Å². The molecule has 0 aromatic carbocycles. The largest absolute Gasteiger partial charge is 0.465 e. The lowest BCUT2D eigenvalue weighted by molar-refractivity contribution is -0.177. The zero-order chi connectivity index (χ0) is 15.2. The van der Waals surface area contributed by atoms with Crippen LogP contribution in [0.15, 0.2) is 0 Å². The number of esters is 1. The summed E-state index contributed by atoms with van der Waals surface area (Å²) >= 11 is 0. The van der Waals surface area contributed by atoms with Gasteiger partial charge in [0.2, 0.25) is 0 Å². The van der Waals surface area contributed by atoms with Crippen molar-refractivity contribution in [2.24, 2.45) is 23.5 Å². The van der Waals surface area contributed by atoms with E-state index in [9.17, 15) is 18.0 Å². The Morgan fingerprint density at radius 1 is 1.11 bits per heavy atom. The van der Waals surface area contributed by atoms with Crippen molar-refractivity contribution in [1.29, 1.82) is 0 Å². The average molecular weight is 283 g/mol. The highest BCUT2D eigenvalue weighted by Crippen LogP contribution is 2.28. The molecule has 114 valence electrons. The molecule has 3 nitrogen and oxygen atoms in total. The van der Waals surface area contributed by atoms with E-state index >= 15 is 0 Å². The minimum atomic E-state index is -4.58. The first kappa shape index (κ1) is 18.2. The molecular formula is C13H24F3NO2. The maximum atomic E-state index is 12.7. The van der Waals surface area contributed by atoms with Crippen LogP contribution in [0.3, 0.4) is 0 Å². The van der Waals surface area contributed by atoms with E-state index < -0.39 is 24.1 Å². The fraction of sp³-hybridized carbons (Fsp3) is 0.923. The first-order valence-electron chi connectivity index (χ1n) is 6.54. The number of carbonyl (C=O) groups excluding carboxylic acids is 1. The van der Waals surface area contributed by atoms with Crippen LogP contribution in [0.4, 0.5) is 13.2 Å². The van der Waals surface area contributed by atoms with Crippen LogP contribution < -0.4 is 5.73 Å². The van der Waals surface area contributed by atoms with Gasteiger partial charge in [-0.2, -0.15) is 13.2 Å². The van der Waals surface area contributed by atoms with Crippen molar-refractivity contribution >= 4 is 5.97 Å². The molecule has 0 fully saturated rings. The lowest BCUT2D eigenvalue weighted by Crippen LogP contribution is -2.47. The van der Waals surface area contributed by atoms with Crippen LogP contribution in [-0.4, -0.2) is 24.8 Å². The van der Waals surface area contributed by atoms with E-state index in [-0.39, 0.29) is 24.9 Å². The zero-order valence-corrected chi connectivity index (χ0v) is 12.0. The zero-order valence-electron chi connectivity index (χ0n) is 12.0. The van der Waals surface area contributed by atoms with Gasteiger partial charge in [-0.3, -0.25) is 4.79 Å². The molecule has 0 amide bonds. The van der Waals surface area contributed by atoms with E-state index in [1.54, 1.807) is 0 Å². The first-order chi connectivity index (χ1) is 8.55. The molecule has 0 rings (SSSR count). The Morgan fingerprint density at radius 2 is 1.63 bits per heavy atom. The summed E-state index contributed by atoms with van der Waals surface area (Å²) in [7, 11) is 0. The van der Waals surface area contributed by atoms with Gasteiger partial charge in [0.25, 0.3) is 0 Å². The van der Waals surface area contributed by atoms with E-state index in [4.69, 9.17) is 10.5 Å². The second-order valence-electron chi connectivity index (χ2n) is 5.67. The molecule has 2 N–H and O–H groups in total. The second kappa shape index (κ2) is 7.72. The Kier molecular flexibility index (Phi) is 7.41. The van der Waals surface area contributed by atoms with Gasteiger partial charge in [0.1, 0.15) is 6.04 Å². The number of hydrogen-bond donors (Lipinski definition) is 1. The molecule has 0 radical (unpaired) electrons. The number of carbonyl (C=O) groups is 1. The molecule has 0 aliphatic rings. The van der Waals surface area contributed by atoms with E-state index in [0.29, 0.717) is 6.42 Å². The van der Waals surface area contributed by atoms with Gasteiger partial charge in [-0.05, 0) is 18.3 Å². The molecule has 0 aromatic heterocycles. The average Bonchev–Trinajstić information content (AvgIpc) is 2.24. The predicted octanol–water partition coefficient (Wildman–Crippen LogP) is 3.13. The van der Waals surface area contributed by atoms with Gasteiger partial charge in [-0.1, -0.05) is 34.1 Å². The van der Waals surface area contributed by atoms with Crippen molar-refractivity contribution < 1.29 is 22.7 Å². The van der Waals surface area contributed by atoms with Crippen LogP contribution in [0.5, 0.6) is 0 Å². The van der Waals surface area contributed by atoms with Gasteiger partial charge in [0.05, 0.1) is 12.5 Å². The summed E-state index contributed by atoms with van der Waals surface area (Å²) < 4.78 is 42.8. The topological polar surface area (TPSA) is 52.3 Å². The molecule has 0 saturated carbocycles. The third-order valence-corrected chi connectivity index (χ3v) is 2.73. The van der Waals surface area contributed by atoms with Crippen molar-refractivity contribution in [3.63, 3.8) is 0 Å². The van der Waals surface area contributed by atoms with Crippen LogP contribution >= 0.6 is 0 Å². The fourth-order valence-electron chi connectivity index (χ4n) is 1.54. The van der Waals surface area contributed by atoms with Crippen molar-refractivity contribution in [3.8, 4) is 0 Å². The minimum absolute atomic E-state index is 0.0804. The highest BCUT2D eigenvalue weighted by atomic mass is 19.4. The highest BCUT2D eigenvalue weighted by Gasteiger charge is 2.45. The first-order valence-corrected chi connectivity index (χ1v) is 6.54. The Bertz CT molecular complexity index is 278. The summed E-state index contributed by atoms with van der Waals surface area (Å²) in [5.74, 6) is -1.88. The van der Waals surface area contributed by atoms with Crippen molar-refractivity contribution in [1.82, 2.24) is 0 Å². The van der Waals surface area contributed by atoms with Crippen LogP contribution in [0.2, 0.25) is 0 Å². The predicted molar refractivity (Wildman–Crippen MR) is 67.4 cm³/mol. The summed E-state index contributed by atoms with van der Waals surface area (Å²) in [5, 5.41) is 0. The van der Waals surface area contributed by atoms with Crippen molar-refractivity contribution in [2.45, 2.75) is 52.8 Å². The normalized spacial score (nSPS) is 15.7. The minimum Gasteiger partial charge on any atom is -0.465 e. The van der Waals surface area contributed by atoms with Crippen molar-refractivity contribution in [3.05, 3.63) is 0 Å². The van der Waals surface area contributed by atoms with Crippen LogP contribution in [0, 0.1) is 17.8 Å². The molecule has 0 spiro atoms. The molecule has 19 heavy (non-hydrogen) atoms. The van der Waals surface area contributed by atoms with Gasteiger partial charge in [0, 0.05) is 0 Å². The molecule has 0 heterocycles. The molecule has 0 unspecified atom stereocenters. The van der Waals surface area contributed by atoms with Gasteiger partial charge in [-0.25, -0.2) is 0 Å².